The standard InChI is InChI=1S/C15H21N2O5/c1-15(2,3)22-17(19)11-6-7-12(13(10-11)20-4)21-14(18)16-8-5-9-16/h6-7,10H,5,8-9H2,1-4H3/q+1. The first kappa shape index (κ1) is 16.1. The minimum absolute atomic E-state index is 0.260. The van der Waals surface area contributed by atoms with E-state index in [-0.39, 0.29) is 11.4 Å². The van der Waals surface area contributed by atoms with Gasteiger partial charge in [0.05, 0.1) is 18.1 Å². The van der Waals surface area contributed by atoms with Crippen LogP contribution in [0, 0.1) is 4.91 Å². The predicted molar refractivity (Wildman–Crippen MR) is 79.3 cm³/mol. The molecule has 0 aliphatic carbocycles. The smallest absolute Gasteiger partial charge is 0.415 e. The topological polar surface area (TPSA) is 68.1 Å². The fourth-order valence-electron chi connectivity index (χ4n) is 1.81. The first-order chi connectivity index (χ1) is 10.3. The third kappa shape index (κ3) is 3.87. The van der Waals surface area contributed by atoms with E-state index in [0.29, 0.717) is 23.8 Å². The van der Waals surface area contributed by atoms with Crippen LogP contribution in [0.3, 0.4) is 0 Å². The zero-order valence-electron chi connectivity index (χ0n) is 13.3. The highest BCUT2D eigenvalue weighted by molar-refractivity contribution is 5.72. The number of ether oxygens (including phenoxy) is 2. The number of likely N-dealkylation sites (tertiary alicyclic amines) is 1. The number of nitrogens with zero attached hydrogens (tertiary/aromatic N) is 2. The van der Waals surface area contributed by atoms with E-state index in [1.807, 2.05) is 0 Å². The van der Waals surface area contributed by atoms with Crippen molar-refractivity contribution < 1.29 is 24.0 Å². The molecule has 22 heavy (non-hydrogen) atoms. The third-order valence-corrected chi connectivity index (χ3v) is 3.03. The monoisotopic (exact) mass is 309 g/mol. The number of hydrogen-bond acceptors (Lipinski definition) is 5. The van der Waals surface area contributed by atoms with E-state index in [9.17, 15) is 9.70 Å². The number of amides is 1. The molecule has 0 saturated carbocycles. The quantitative estimate of drug-likeness (QED) is 0.800. The summed E-state index contributed by atoms with van der Waals surface area (Å²) < 4.78 is 10.5. The minimum Gasteiger partial charge on any atom is -0.493 e. The number of methoxy groups -OCH3 is 1. The van der Waals surface area contributed by atoms with E-state index in [0.717, 1.165) is 6.42 Å². The molecule has 0 spiro atoms. The van der Waals surface area contributed by atoms with E-state index >= 15 is 0 Å². The van der Waals surface area contributed by atoms with Crippen molar-refractivity contribution >= 4 is 11.8 Å². The van der Waals surface area contributed by atoms with Crippen molar-refractivity contribution in [2.24, 2.45) is 0 Å². The molecule has 7 heteroatoms. The van der Waals surface area contributed by atoms with Crippen LogP contribution < -0.4 is 9.47 Å². The summed E-state index contributed by atoms with van der Waals surface area (Å²) >= 11 is 0. The second kappa shape index (κ2) is 6.21. The fourth-order valence-corrected chi connectivity index (χ4v) is 1.81. The summed E-state index contributed by atoms with van der Waals surface area (Å²) in [6.45, 7) is 6.73. The van der Waals surface area contributed by atoms with Crippen molar-refractivity contribution in [1.29, 1.82) is 0 Å². The van der Waals surface area contributed by atoms with Gasteiger partial charge in [-0.1, -0.05) is 0 Å². The van der Waals surface area contributed by atoms with Crippen LogP contribution in [0.25, 0.3) is 0 Å². The highest BCUT2D eigenvalue weighted by Crippen LogP contribution is 2.32. The van der Waals surface area contributed by atoms with Gasteiger partial charge < -0.3 is 14.4 Å². The van der Waals surface area contributed by atoms with Crippen LogP contribution in [0.4, 0.5) is 10.5 Å². The molecule has 0 unspecified atom stereocenters. The van der Waals surface area contributed by atoms with Crippen molar-refractivity contribution in [1.82, 2.24) is 4.90 Å². The maximum Gasteiger partial charge on any atom is 0.415 e. The minimum atomic E-state index is -0.613. The Hall–Kier alpha value is -2.31. The SMILES string of the molecule is COc1cc([N+](=O)OC(C)(C)C)ccc1OC(=O)N1CCC1. The Labute approximate surface area is 129 Å². The first-order valence-electron chi connectivity index (χ1n) is 7.11. The number of rotatable bonds is 4. The van der Waals surface area contributed by atoms with Crippen LogP contribution in [-0.2, 0) is 4.84 Å². The van der Waals surface area contributed by atoms with E-state index in [2.05, 4.69) is 0 Å². The highest BCUT2D eigenvalue weighted by atomic mass is 16.8. The molecule has 1 saturated heterocycles. The molecule has 0 N–H and O–H groups in total. The average molecular weight is 309 g/mol. The Bertz CT molecular complexity index is 576. The van der Waals surface area contributed by atoms with E-state index in [1.165, 1.54) is 25.3 Å². The number of carbonyl (C=O) groups excluding carboxylic acids is 1. The molecule has 1 aliphatic rings. The maximum atomic E-state index is 11.9. The zero-order chi connectivity index (χ0) is 16.3. The van der Waals surface area contributed by atoms with Crippen LogP contribution >= 0.6 is 0 Å². The van der Waals surface area contributed by atoms with Crippen molar-refractivity contribution in [3.63, 3.8) is 0 Å². The molecule has 120 valence electrons. The van der Waals surface area contributed by atoms with Gasteiger partial charge in [-0.3, -0.25) is 0 Å². The predicted octanol–water partition coefficient (Wildman–Crippen LogP) is 3.04. The largest absolute Gasteiger partial charge is 0.493 e. The van der Waals surface area contributed by atoms with E-state index < -0.39 is 11.7 Å². The molecule has 1 fully saturated rings. The Balaban J connectivity index is 2.13. The normalized spacial score (nSPS) is 14.1. The van der Waals surface area contributed by atoms with E-state index in [4.69, 9.17) is 14.3 Å². The van der Waals surface area contributed by atoms with Gasteiger partial charge in [0.1, 0.15) is 0 Å². The van der Waals surface area contributed by atoms with Crippen LogP contribution in [0.1, 0.15) is 27.2 Å². The molecule has 0 aromatic heterocycles. The van der Waals surface area contributed by atoms with Gasteiger partial charge in [0, 0.05) is 19.2 Å². The highest BCUT2D eigenvalue weighted by Gasteiger charge is 2.28. The summed E-state index contributed by atoms with van der Waals surface area (Å²) in [6, 6.07) is 4.50. The molecule has 1 aliphatic heterocycles. The lowest BCUT2D eigenvalue weighted by atomic mass is 10.2. The van der Waals surface area contributed by atoms with Gasteiger partial charge >= 0.3 is 11.8 Å². The Morgan fingerprint density at radius 1 is 1.23 bits per heavy atom. The fraction of sp³-hybridized carbons (Fsp3) is 0.533. The number of carbonyl (C=O) groups is 1. The van der Waals surface area contributed by atoms with Gasteiger partial charge in [0.25, 0.3) is 4.92 Å². The summed E-state index contributed by atoms with van der Waals surface area (Å²) in [4.78, 5) is 31.0. The van der Waals surface area contributed by atoms with E-state index in [1.54, 1.807) is 25.7 Å². The van der Waals surface area contributed by atoms with Crippen molar-refractivity contribution in [2.75, 3.05) is 20.2 Å². The molecular weight excluding hydrogens is 288 g/mol. The molecule has 1 aromatic carbocycles. The van der Waals surface area contributed by atoms with Crippen molar-refractivity contribution in [3.8, 4) is 11.5 Å². The molecule has 0 atom stereocenters. The van der Waals surface area contributed by atoms with Gasteiger partial charge in [-0.25, -0.2) is 9.63 Å². The molecule has 1 amide bonds. The van der Waals surface area contributed by atoms with Crippen LogP contribution in [0.5, 0.6) is 11.5 Å². The summed E-state index contributed by atoms with van der Waals surface area (Å²) in [5.74, 6) is 0.567. The zero-order valence-corrected chi connectivity index (χ0v) is 13.3. The van der Waals surface area contributed by atoms with Crippen molar-refractivity contribution in [3.05, 3.63) is 23.1 Å². The summed E-state index contributed by atoms with van der Waals surface area (Å²) in [5.41, 5.74) is -0.354. The molecule has 7 nitrogen and oxygen atoms in total. The molecule has 2 rings (SSSR count). The van der Waals surface area contributed by atoms with Crippen LogP contribution in [0.2, 0.25) is 0 Å². The molecular formula is C15H21N2O5+. The molecule has 1 heterocycles. The molecule has 0 bridgehead atoms. The summed E-state index contributed by atoms with van der Waals surface area (Å²) in [7, 11) is 1.44. The number of benzene rings is 1. The second-order valence-corrected chi connectivity index (χ2v) is 6.00. The second-order valence-electron chi connectivity index (χ2n) is 6.00. The van der Waals surface area contributed by atoms with Crippen LogP contribution in [-0.4, -0.2) is 41.7 Å². The Kier molecular flexibility index (Phi) is 4.54. The van der Waals surface area contributed by atoms with Gasteiger partial charge in [-0.15, -0.1) is 0 Å². The summed E-state index contributed by atoms with van der Waals surface area (Å²) in [6.07, 6.45) is 0.572. The molecule has 1 aromatic rings. The van der Waals surface area contributed by atoms with Gasteiger partial charge in [0.2, 0.25) is 0 Å². The maximum absolute atomic E-state index is 11.9. The Morgan fingerprint density at radius 2 is 1.91 bits per heavy atom. The number of hydrogen-bond donors (Lipinski definition) is 0. The lowest BCUT2D eigenvalue weighted by Crippen LogP contribution is -2.43. The third-order valence-electron chi connectivity index (χ3n) is 3.03. The lowest BCUT2D eigenvalue weighted by Gasteiger charge is -2.29. The lowest BCUT2D eigenvalue weighted by molar-refractivity contribution is -0.766. The van der Waals surface area contributed by atoms with Crippen molar-refractivity contribution in [2.45, 2.75) is 32.8 Å². The molecule has 0 radical (unpaired) electrons. The first-order valence-corrected chi connectivity index (χ1v) is 7.11. The summed E-state index contributed by atoms with van der Waals surface area (Å²) in [5, 5.41) is 0. The van der Waals surface area contributed by atoms with Gasteiger partial charge in [-0.05, 0) is 33.3 Å². The van der Waals surface area contributed by atoms with Crippen LogP contribution in [0.15, 0.2) is 18.2 Å². The van der Waals surface area contributed by atoms with Gasteiger partial charge in [0.15, 0.2) is 17.1 Å². The Morgan fingerprint density at radius 3 is 2.41 bits per heavy atom. The van der Waals surface area contributed by atoms with Gasteiger partial charge in [-0.2, -0.15) is 0 Å². The average Bonchev–Trinajstić information content (AvgIpc) is 2.34.